The van der Waals surface area contributed by atoms with E-state index >= 15 is 0 Å². The Bertz CT molecular complexity index is 405. The third kappa shape index (κ3) is 8.28. The average molecular weight is 292 g/mol. The van der Waals surface area contributed by atoms with E-state index in [0.29, 0.717) is 0 Å². The molecule has 0 rings (SSSR count). The number of carbonyl (C=O) groups is 2. The summed E-state index contributed by atoms with van der Waals surface area (Å²) < 4.78 is 15.3. The highest BCUT2D eigenvalue weighted by atomic mass is 31.2. The number of nitrogens with one attached hydrogen (secondary N) is 1. The fourth-order valence-electron chi connectivity index (χ4n) is 1.17. The van der Waals surface area contributed by atoms with Crippen molar-refractivity contribution in [3.63, 3.8) is 0 Å². The van der Waals surface area contributed by atoms with Crippen molar-refractivity contribution in [2.24, 2.45) is 0 Å². The van der Waals surface area contributed by atoms with E-state index in [4.69, 9.17) is 9.79 Å². The summed E-state index contributed by atoms with van der Waals surface area (Å²) in [7, 11) is -3.31. The van der Waals surface area contributed by atoms with Crippen LogP contribution in [0.1, 0.15) is 0 Å². The summed E-state index contributed by atoms with van der Waals surface area (Å²) in [6.45, 7) is 6.22. The Labute approximate surface area is 111 Å². The van der Waals surface area contributed by atoms with Gasteiger partial charge in [-0.1, -0.05) is 13.2 Å². The maximum absolute atomic E-state index is 11.3. The number of phosphoric acid groups is 1. The predicted octanol–water partition coefficient (Wildman–Crippen LogP) is -0.589. The van der Waals surface area contributed by atoms with Crippen molar-refractivity contribution in [1.82, 2.24) is 10.2 Å². The van der Waals surface area contributed by atoms with E-state index in [0.717, 1.165) is 17.1 Å². The summed E-state index contributed by atoms with van der Waals surface area (Å²) in [4.78, 5) is 40.9. The quantitative estimate of drug-likeness (QED) is 0.407. The zero-order valence-corrected chi connectivity index (χ0v) is 11.4. The molecule has 19 heavy (non-hydrogen) atoms. The van der Waals surface area contributed by atoms with Gasteiger partial charge in [0.25, 0.3) is 0 Å². The standard InChI is InChI=1S/C10H17N2O6P/c1-4-9(13)11-6-8(18-19(15,16)17)7-12(3)10(14)5-2/h4-5,8H,1-2,6-7H2,3H3,(H,11,13)(H2,15,16,17). The molecule has 3 N–H and O–H groups in total. The maximum Gasteiger partial charge on any atom is 0.469 e. The van der Waals surface area contributed by atoms with Gasteiger partial charge in [-0.05, 0) is 12.2 Å². The molecule has 0 aliphatic heterocycles. The number of likely N-dealkylation sites (N-methyl/N-ethyl adjacent to an activating group) is 1. The minimum atomic E-state index is -4.73. The van der Waals surface area contributed by atoms with Crippen LogP contribution in [0.2, 0.25) is 0 Å². The van der Waals surface area contributed by atoms with E-state index in [-0.39, 0.29) is 13.1 Å². The van der Waals surface area contributed by atoms with Gasteiger partial charge in [0.1, 0.15) is 6.10 Å². The highest BCUT2D eigenvalue weighted by molar-refractivity contribution is 7.46. The van der Waals surface area contributed by atoms with Gasteiger partial charge >= 0.3 is 7.82 Å². The smallest absolute Gasteiger partial charge is 0.350 e. The van der Waals surface area contributed by atoms with Crippen LogP contribution in [0.4, 0.5) is 0 Å². The van der Waals surface area contributed by atoms with Crippen LogP contribution in [0.25, 0.3) is 0 Å². The molecule has 0 aromatic rings. The second-order valence-corrected chi connectivity index (χ2v) is 4.78. The lowest BCUT2D eigenvalue weighted by Crippen LogP contribution is -2.41. The van der Waals surface area contributed by atoms with Crippen LogP contribution in [0, 0.1) is 0 Å². The number of rotatable bonds is 8. The highest BCUT2D eigenvalue weighted by Crippen LogP contribution is 2.37. The second kappa shape index (κ2) is 7.85. The molecule has 0 aliphatic rings. The van der Waals surface area contributed by atoms with Crippen LogP contribution < -0.4 is 5.32 Å². The summed E-state index contributed by atoms with van der Waals surface area (Å²) in [5.74, 6) is -0.952. The molecule has 2 amide bonds. The third-order valence-corrected chi connectivity index (χ3v) is 2.58. The summed E-state index contributed by atoms with van der Waals surface area (Å²) in [6.07, 6.45) is 1.00. The van der Waals surface area contributed by atoms with Crippen molar-refractivity contribution in [2.75, 3.05) is 20.1 Å². The highest BCUT2D eigenvalue weighted by Gasteiger charge is 2.24. The largest absolute Gasteiger partial charge is 0.469 e. The molecule has 0 saturated heterocycles. The summed E-state index contributed by atoms with van der Waals surface area (Å²) in [5, 5.41) is 2.33. The molecule has 0 bridgehead atoms. The van der Waals surface area contributed by atoms with Crippen LogP contribution in [0.5, 0.6) is 0 Å². The molecule has 0 radical (unpaired) electrons. The molecule has 108 valence electrons. The van der Waals surface area contributed by atoms with Crippen molar-refractivity contribution >= 4 is 19.6 Å². The SMILES string of the molecule is C=CC(=O)NCC(CN(C)C(=O)C=C)OP(=O)(O)O. The van der Waals surface area contributed by atoms with E-state index in [9.17, 15) is 14.2 Å². The normalized spacial score (nSPS) is 12.4. The van der Waals surface area contributed by atoms with Gasteiger partial charge in [-0.25, -0.2) is 4.57 Å². The lowest BCUT2D eigenvalue weighted by atomic mass is 10.3. The van der Waals surface area contributed by atoms with E-state index in [2.05, 4.69) is 23.0 Å². The Kier molecular flexibility index (Phi) is 7.25. The monoisotopic (exact) mass is 292 g/mol. The molecule has 0 aromatic carbocycles. The van der Waals surface area contributed by atoms with Crippen LogP contribution in [0.3, 0.4) is 0 Å². The fourth-order valence-corrected chi connectivity index (χ4v) is 1.70. The van der Waals surface area contributed by atoms with E-state index in [1.54, 1.807) is 0 Å². The molecule has 0 aliphatic carbocycles. The molecular weight excluding hydrogens is 275 g/mol. The zero-order valence-electron chi connectivity index (χ0n) is 10.5. The number of nitrogens with zero attached hydrogens (tertiary/aromatic N) is 1. The molecule has 0 heterocycles. The minimum absolute atomic E-state index is 0.118. The lowest BCUT2D eigenvalue weighted by molar-refractivity contribution is -0.125. The third-order valence-electron chi connectivity index (χ3n) is 2.00. The molecule has 8 nitrogen and oxygen atoms in total. The summed E-state index contributed by atoms with van der Waals surface area (Å²) in [5.41, 5.74) is 0. The van der Waals surface area contributed by atoms with Crippen LogP contribution >= 0.6 is 7.82 Å². The van der Waals surface area contributed by atoms with Gasteiger partial charge in [0, 0.05) is 20.1 Å². The number of phosphoric ester groups is 1. The summed E-state index contributed by atoms with van der Waals surface area (Å²) >= 11 is 0. The van der Waals surface area contributed by atoms with Crippen molar-refractivity contribution in [1.29, 1.82) is 0 Å². The van der Waals surface area contributed by atoms with Gasteiger partial charge in [-0.2, -0.15) is 0 Å². The van der Waals surface area contributed by atoms with Crippen LogP contribution in [0.15, 0.2) is 25.3 Å². The van der Waals surface area contributed by atoms with Crippen LogP contribution in [-0.4, -0.2) is 52.7 Å². The molecule has 1 unspecified atom stereocenters. The first kappa shape index (κ1) is 17.5. The molecule has 0 fully saturated rings. The van der Waals surface area contributed by atoms with Gasteiger partial charge in [-0.3, -0.25) is 14.1 Å². The Morgan fingerprint density at radius 1 is 1.42 bits per heavy atom. The van der Waals surface area contributed by atoms with E-state index in [1.165, 1.54) is 7.05 Å². The van der Waals surface area contributed by atoms with E-state index in [1.807, 2.05) is 0 Å². The number of amides is 2. The Morgan fingerprint density at radius 3 is 2.42 bits per heavy atom. The first-order valence-corrected chi connectivity index (χ1v) is 6.74. The van der Waals surface area contributed by atoms with Gasteiger partial charge in [-0.15, -0.1) is 0 Å². The van der Waals surface area contributed by atoms with Gasteiger partial charge in [0.05, 0.1) is 0 Å². The van der Waals surface area contributed by atoms with Gasteiger partial charge in [0.15, 0.2) is 0 Å². The van der Waals surface area contributed by atoms with Crippen molar-refractivity contribution in [3.05, 3.63) is 25.3 Å². The minimum Gasteiger partial charge on any atom is -0.350 e. The topological polar surface area (TPSA) is 116 Å². The maximum atomic E-state index is 11.3. The van der Waals surface area contributed by atoms with Crippen molar-refractivity contribution < 1.29 is 28.5 Å². The van der Waals surface area contributed by atoms with Gasteiger partial charge in [0.2, 0.25) is 11.8 Å². The second-order valence-electron chi connectivity index (χ2n) is 3.59. The first-order chi connectivity index (χ1) is 8.69. The first-order valence-electron chi connectivity index (χ1n) is 5.21. The fraction of sp³-hybridized carbons (Fsp3) is 0.400. The molecule has 0 spiro atoms. The molecular formula is C10H17N2O6P. The van der Waals surface area contributed by atoms with Crippen molar-refractivity contribution in [3.8, 4) is 0 Å². The lowest BCUT2D eigenvalue weighted by Gasteiger charge is -2.23. The molecule has 9 heteroatoms. The van der Waals surface area contributed by atoms with Gasteiger partial charge < -0.3 is 20.0 Å². The number of carbonyl (C=O) groups excluding carboxylic acids is 2. The molecule has 0 aromatic heterocycles. The Balaban J connectivity index is 4.62. The van der Waals surface area contributed by atoms with Crippen LogP contribution in [-0.2, 0) is 18.7 Å². The average Bonchev–Trinajstić information content (AvgIpc) is 2.32. The Hall–Kier alpha value is -1.47. The summed E-state index contributed by atoms with van der Waals surface area (Å²) in [6, 6.07) is 0. The predicted molar refractivity (Wildman–Crippen MR) is 68.0 cm³/mol. The number of hydrogen-bond acceptors (Lipinski definition) is 4. The number of hydrogen-bond donors (Lipinski definition) is 3. The van der Waals surface area contributed by atoms with Crippen molar-refractivity contribution in [2.45, 2.75) is 6.10 Å². The molecule has 1 atom stereocenters. The molecule has 0 saturated carbocycles. The zero-order chi connectivity index (χ0) is 15.1. The Morgan fingerprint density at radius 2 is 2.00 bits per heavy atom. The van der Waals surface area contributed by atoms with E-state index < -0.39 is 25.7 Å².